The molecule has 0 aliphatic carbocycles. The van der Waals surface area contributed by atoms with Gasteiger partial charge in [0.25, 0.3) is 0 Å². The van der Waals surface area contributed by atoms with Crippen molar-refractivity contribution in [3.63, 3.8) is 0 Å². The summed E-state index contributed by atoms with van der Waals surface area (Å²) in [5, 5.41) is 8.95. The molecule has 0 heterocycles. The molecule has 0 fully saturated rings. The van der Waals surface area contributed by atoms with Gasteiger partial charge < -0.3 is 5.11 Å². The van der Waals surface area contributed by atoms with Crippen LogP contribution in [0.25, 0.3) is 0 Å². The summed E-state index contributed by atoms with van der Waals surface area (Å²) < 4.78 is 42.6. The molecule has 0 bridgehead atoms. The highest BCUT2D eigenvalue weighted by Gasteiger charge is 2.29. The van der Waals surface area contributed by atoms with Gasteiger partial charge in [0.2, 0.25) is 0 Å². The van der Waals surface area contributed by atoms with Crippen LogP contribution in [0.15, 0.2) is 46.9 Å². The smallest absolute Gasteiger partial charge is 0.399 e. The average Bonchev–Trinajstić information content (AvgIpc) is 2.69. The predicted octanol–water partition coefficient (Wildman–Crippen LogP) is 5.93. The van der Waals surface area contributed by atoms with Crippen molar-refractivity contribution in [2.24, 2.45) is 0 Å². The quantitative estimate of drug-likeness (QED) is 0.281. The molecular weight excluding hydrogens is 477 g/mol. The number of hydrogen-bond acceptors (Lipinski definition) is 5. The van der Waals surface area contributed by atoms with Crippen LogP contribution >= 0.6 is 35.3 Å². The van der Waals surface area contributed by atoms with E-state index in [1.807, 2.05) is 0 Å². The third kappa shape index (κ3) is 6.73. The summed E-state index contributed by atoms with van der Waals surface area (Å²) in [6.07, 6.45) is -0.547. The van der Waals surface area contributed by atoms with Crippen LogP contribution in [0, 0.1) is 11.8 Å². The molecule has 2 aromatic carbocycles. The highest BCUT2D eigenvalue weighted by atomic mass is 79.9. The fourth-order valence-electron chi connectivity index (χ4n) is 2.16. The number of benzene rings is 2. The fourth-order valence-corrected chi connectivity index (χ4v) is 4.45. The number of carboxylic acid groups (broad SMARTS) is 1. The van der Waals surface area contributed by atoms with Gasteiger partial charge in [-0.1, -0.05) is 46.0 Å². The molecule has 0 aliphatic rings. The predicted molar refractivity (Wildman–Crippen MR) is 106 cm³/mol. The zero-order chi connectivity index (χ0) is 20.6. The molecule has 0 aliphatic heterocycles. The molecule has 0 unspecified atom stereocenters. The maximum absolute atomic E-state index is 12.2. The van der Waals surface area contributed by atoms with Crippen molar-refractivity contribution in [2.45, 2.75) is 11.9 Å². The summed E-state index contributed by atoms with van der Waals surface area (Å²) in [6, 6.07) is 11.4. The number of carboxylic acids is 1. The SMILES string of the molecule is O=C(O)c1cccc(C#CCSCc2ccc(CP(=O)(OF)OF)c(Br)c2)c1. The zero-order valence-corrected chi connectivity index (χ0v) is 17.5. The third-order valence-corrected chi connectivity index (χ3v) is 6.25. The second-order valence-corrected chi connectivity index (χ2v) is 9.17. The van der Waals surface area contributed by atoms with Crippen LogP contribution in [-0.2, 0) is 25.9 Å². The second-order valence-electron chi connectivity index (χ2n) is 5.51. The van der Waals surface area contributed by atoms with E-state index in [2.05, 4.69) is 37.2 Å². The van der Waals surface area contributed by atoms with E-state index in [0.717, 1.165) is 5.56 Å². The molecule has 0 saturated carbocycles. The van der Waals surface area contributed by atoms with E-state index in [4.69, 9.17) is 5.11 Å². The summed E-state index contributed by atoms with van der Waals surface area (Å²) in [4.78, 5) is 10.9. The van der Waals surface area contributed by atoms with Gasteiger partial charge in [-0.05, 0) is 44.4 Å². The first-order valence-electron chi connectivity index (χ1n) is 7.74. The molecule has 2 aromatic rings. The van der Waals surface area contributed by atoms with Gasteiger partial charge in [0.15, 0.2) is 0 Å². The van der Waals surface area contributed by atoms with Gasteiger partial charge in [0, 0.05) is 15.8 Å². The molecule has 0 amide bonds. The van der Waals surface area contributed by atoms with Crippen LogP contribution in [0.3, 0.4) is 0 Å². The Balaban J connectivity index is 1.91. The van der Waals surface area contributed by atoms with Crippen LogP contribution in [0.4, 0.5) is 9.05 Å². The van der Waals surface area contributed by atoms with Crippen LogP contribution in [0.1, 0.15) is 27.0 Å². The molecule has 0 atom stereocenters. The number of halogens is 3. The number of aromatic carboxylic acids is 1. The Morgan fingerprint density at radius 2 is 1.96 bits per heavy atom. The normalized spacial score (nSPS) is 11.0. The van der Waals surface area contributed by atoms with Gasteiger partial charge >= 0.3 is 13.6 Å². The van der Waals surface area contributed by atoms with Gasteiger partial charge in [0.1, 0.15) is 0 Å². The van der Waals surface area contributed by atoms with Crippen molar-refractivity contribution in [1.82, 2.24) is 0 Å². The highest BCUT2D eigenvalue weighted by Crippen LogP contribution is 2.53. The van der Waals surface area contributed by atoms with Gasteiger partial charge in [-0.25, -0.2) is 4.79 Å². The van der Waals surface area contributed by atoms with Gasteiger partial charge in [-0.15, -0.1) is 21.2 Å². The summed E-state index contributed by atoms with van der Waals surface area (Å²) >= 11 is 4.81. The van der Waals surface area contributed by atoms with Crippen LogP contribution in [0.2, 0.25) is 0 Å². The van der Waals surface area contributed by atoms with Crippen molar-refractivity contribution >= 4 is 41.3 Å². The van der Waals surface area contributed by atoms with E-state index in [9.17, 15) is 18.4 Å². The minimum atomic E-state index is -4.44. The molecule has 148 valence electrons. The van der Waals surface area contributed by atoms with E-state index in [1.54, 1.807) is 30.3 Å². The van der Waals surface area contributed by atoms with Crippen LogP contribution < -0.4 is 0 Å². The lowest BCUT2D eigenvalue weighted by atomic mass is 10.1. The number of rotatable bonds is 8. The Bertz CT molecular complexity index is 952. The van der Waals surface area contributed by atoms with Crippen LogP contribution in [-0.4, -0.2) is 16.8 Å². The molecule has 0 spiro atoms. The summed E-state index contributed by atoms with van der Waals surface area (Å²) in [5.41, 5.74) is 2.12. The monoisotopic (exact) mass is 490 g/mol. The fraction of sp³-hybridized carbons (Fsp3) is 0.167. The number of carbonyl (C=O) groups is 1. The summed E-state index contributed by atoms with van der Waals surface area (Å²) in [7, 11) is -4.44. The average molecular weight is 491 g/mol. The minimum Gasteiger partial charge on any atom is -0.478 e. The maximum Gasteiger partial charge on any atom is 0.399 e. The Kier molecular flexibility index (Phi) is 8.67. The topological polar surface area (TPSA) is 72.8 Å². The maximum atomic E-state index is 12.2. The Morgan fingerprint density at radius 3 is 2.61 bits per heavy atom. The lowest BCUT2D eigenvalue weighted by Crippen LogP contribution is -1.95. The van der Waals surface area contributed by atoms with E-state index in [0.29, 0.717) is 27.1 Å². The third-order valence-electron chi connectivity index (χ3n) is 3.48. The zero-order valence-electron chi connectivity index (χ0n) is 14.2. The number of thioether (sulfide) groups is 1. The molecule has 0 aromatic heterocycles. The van der Waals surface area contributed by atoms with Crippen molar-refractivity contribution in [3.05, 3.63) is 69.2 Å². The van der Waals surface area contributed by atoms with Gasteiger partial charge in [-0.3, -0.25) is 4.57 Å². The Morgan fingerprint density at radius 1 is 1.21 bits per heavy atom. The first-order chi connectivity index (χ1) is 13.4. The van der Waals surface area contributed by atoms with E-state index in [-0.39, 0.29) is 5.56 Å². The van der Waals surface area contributed by atoms with E-state index in [1.165, 1.54) is 23.9 Å². The summed E-state index contributed by atoms with van der Waals surface area (Å²) in [5.74, 6) is 6.03. The molecule has 0 saturated heterocycles. The first kappa shape index (κ1) is 22.6. The Hall–Kier alpha value is -1.69. The van der Waals surface area contributed by atoms with E-state index >= 15 is 0 Å². The Labute approximate surface area is 172 Å². The molecule has 0 radical (unpaired) electrons. The molecule has 10 heteroatoms. The van der Waals surface area contributed by atoms with E-state index < -0.39 is 19.7 Å². The van der Waals surface area contributed by atoms with Gasteiger partial charge in [-0.2, -0.15) is 0 Å². The van der Waals surface area contributed by atoms with Crippen molar-refractivity contribution in [1.29, 1.82) is 0 Å². The minimum absolute atomic E-state index is 0.185. The first-order valence-corrected chi connectivity index (χ1v) is 11.4. The second kappa shape index (κ2) is 10.7. The molecule has 2 rings (SSSR count). The highest BCUT2D eigenvalue weighted by molar-refractivity contribution is 9.10. The van der Waals surface area contributed by atoms with Crippen LogP contribution in [0.5, 0.6) is 0 Å². The van der Waals surface area contributed by atoms with Crippen molar-refractivity contribution < 1.29 is 33.0 Å². The van der Waals surface area contributed by atoms with Gasteiger partial charge in [0.05, 0.1) is 17.5 Å². The molecule has 28 heavy (non-hydrogen) atoms. The molecular formula is C18H14BrF2O5PS. The molecule has 5 nitrogen and oxygen atoms in total. The lowest BCUT2D eigenvalue weighted by molar-refractivity contribution is -0.0881. The molecule has 1 N–H and O–H groups in total. The van der Waals surface area contributed by atoms with Crippen molar-refractivity contribution in [3.8, 4) is 11.8 Å². The lowest BCUT2D eigenvalue weighted by Gasteiger charge is -2.10. The standard InChI is InChI=1S/C18H14BrF2O5PS/c19-17-10-14(6-7-16(17)11-27(24,25-20)26-21)12-28-8-2-4-13-3-1-5-15(9-13)18(22)23/h1,3,5-7,9-10H,8,11-12H2,(H,22,23). The summed E-state index contributed by atoms with van der Waals surface area (Å²) in [6.45, 7) is 0. The largest absolute Gasteiger partial charge is 0.478 e. The van der Waals surface area contributed by atoms with Crippen molar-refractivity contribution in [2.75, 3.05) is 5.75 Å². The number of hydrogen-bond donors (Lipinski definition) is 1.